The van der Waals surface area contributed by atoms with Crippen molar-refractivity contribution in [3.8, 4) is 77.9 Å². The summed E-state index contributed by atoms with van der Waals surface area (Å²) in [6.45, 7) is 0. The SMILES string of the molecule is c1ccc(-c2ccc(-c3ccccc3N(c3ccc(-c4cccc5c4oc4ccccc45)cc3)c3ccc4c(c3)C3(c5ccccc5-4)c4ccccc4N(c4ccccc4)c4ccccc43)cc2)cc1.c1ccc(-c2ccc(-c3ccccc3Nc3ccc(-c4cccc5c4oc4ccccc45)cc3)cc2)cc1. The van der Waals surface area contributed by atoms with Crippen LogP contribution in [0.2, 0.25) is 0 Å². The molecular formula is C103H69N3O2. The minimum absolute atomic E-state index is 0.603. The van der Waals surface area contributed by atoms with Crippen molar-refractivity contribution in [3.63, 3.8) is 0 Å². The maximum absolute atomic E-state index is 6.55. The van der Waals surface area contributed by atoms with Crippen molar-refractivity contribution in [2.24, 2.45) is 0 Å². The van der Waals surface area contributed by atoms with Crippen molar-refractivity contribution in [2.45, 2.75) is 5.41 Å². The highest BCUT2D eigenvalue weighted by Gasteiger charge is 2.52. The van der Waals surface area contributed by atoms with Gasteiger partial charge in [-0.25, -0.2) is 0 Å². The number of benzene rings is 17. The maximum Gasteiger partial charge on any atom is 0.143 e. The standard InChI is InChI=1S/C67H44N2O.C36H25NO/c1-3-18-45(19-4-1)46-34-36-47(37-35-46)52-22-8-13-30-62(52)68(50-40-38-48(39-41-50)53-25-17-26-57-56-24-9-16-33-65(56)70-66(53)57)51-42-43-55-54-23-7-10-27-58(54)67(61(55)44-51)59-28-11-14-31-63(59)69(49-20-5-2-6-21-49)64-32-15-12-29-60(64)67;1-2-9-25(10-3-1)26-17-19-27(20-18-26)30-11-4-6-15-34(30)37-29-23-21-28(22-24-29)31-13-8-14-33-32-12-5-7-16-35(32)38-36(31)33/h1-44H;1-24,37H. The molecule has 5 heteroatoms. The van der Waals surface area contributed by atoms with Crippen molar-refractivity contribution in [1.82, 2.24) is 0 Å². The number of hydrogen-bond acceptors (Lipinski definition) is 5. The Hall–Kier alpha value is -14.3. The van der Waals surface area contributed by atoms with Crippen LogP contribution in [0.25, 0.3) is 122 Å². The molecular weight excluding hydrogens is 1310 g/mol. The monoisotopic (exact) mass is 1380 g/mol. The molecule has 17 aromatic carbocycles. The third-order valence-electron chi connectivity index (χ3n) is 21.8. The summed E-state index contributed by atoms with van der Waals surface area (Å²) in [5, 5.41) is 8.18. The summed E-state index contributed by atoms with van der Waals surface area (Å²) in [4.78, 5) is 4.90. The Balaban J connectivity index is 0.000000170. The molecule has 0 saturated heterocycles. The number of anilines is 8. The van der Waals surface area contributed by atoms with E-state index in [4.69, 9.17) is 8.83 Å². The Morgan fingerprint density at radius 1 is 0.250 bits per heavy atom. The van der Waals surface area contributed by atoms with Gasteiger partial charge in [-0.1, -0.05) is 328 Å². The van der Waals surface area contributed by atoms with Crippen LogP contribution in [-0.4, -0.2) is 0 Å². The van der Waals surface area contributed by atoms with E-state index in [0.29, 0.717) is 0 Å². The van der Waals surface area contributed by atoms with Crippen LogP contribution in [0.15, 0.2) is 421 Å². The van der Waals surface area contributed by atoms with Crippen LogP contribution in [-0.2, 0) is 5.41 Å². The first-order valence-corrected chi connectivity index (χ1v) is 36.9. The number of nitrogens with one attached hydrogen (secondary N) is 1. The number of hydrogen-bond donors (Lipinski definition) is 1. The van der Waals surface area contributed by atoms with Gasteiger partial charge in [0.25, 0.3) is 0 Å². The van der Waals surface area contributed by atoms with Gasteiger partial charge in [0.05, 0.1) is 22.5 Å². The van der Waals surface area contributed by atoms with Crippen LogP contribution < -0.4 is 15.1 Å². The van der Waals surface area contributed by atoms with E-state index in [1.807, 2.05) is 24.3 Å². The number of fused-ring (bicyclic) bond motifs is 15. The van der Waals surface area contributed by atoms with Crippen molar-refractivity contribution >= 4 is 89.4 Å². The molecule has 19 aromatic rings. The lowest BCUT2D eigenvalue weighted by atomic mass is 9.64. The molecule has 3 heterocycles. The molecule has 1 spiro atoms. The summed E-state index contributed by atoms with van der Waals surface area (Å²) >= 11 is 0. The van der Waals surface area contributed by atoms with Gasteiger partial charge in [-0.3, -0.25) is 0 Å². The molecule has 0 fully saturated rings. The second kappa shape index (κ2) is 26.8. The molecule has 1 N–H and O–H groups in total. The number of furan rings is 2. The molecule has 1 aliphatic heterocycles. The number of para-hydroxylation sites is 9. The summed E-state index contributed by atoms with van der Waals surface area (Å²) in [5.74, 6) is 0. The predicted octanol–water partition coefficient (Wildman–Crippen LogP) is 28.5. The summed E-state index contributed by atoms with van der Waals surface area (Å²) in [6.07, 6.45) is 0. The summed E-state index contributed by atoms with van der Waals surface area (Å²) < 4.78 is 12.8. The third kappa shape index (κ3) is 10.9. The van der Waals surface area contributed by atoms with Crippen molar-refractivity contribution < 1.29 is 8.83 Å². The first-order valence-electron chi connectivity index (χ1n) is 36.9. The zero-order valence-electron chi connectivity index (χ0n) is 59.0. The van der Waals surface area contributed by atoms with Crippen LogP contribution in [0, 0.1) is 0 Å². The van der Waals surface area contributed by atoms with Crippen LogP contribution in [0.3, 0.4) is 0 Å². The van der Waals surface area contributed by atoms with Gasteiger partial charge in [-0.05, 0) is 163 Å². The molecule has 2 aliphatic rings. The molecule has 0 bridgehead atoms. The van der Waals surface area contributed by atoms with Gasteiger partial charge >= 0.3 is 0 Å². The van der Waals surface area contributed by atoms with Crippen molar-refractivity contribution in [1.29, 1.82) is 0 Å². The second-order valence-electron chi connectivity index (χ2n) is 27.8. The lowest BCUT2D eigenvalue weighted by molar-refractivity contribution is 0.669. The van der Waals surface area contributed by atoms with E-state index in [0.717, 1.165) is 111 Å². The smallest absolute Gasteiger partial charge is 0.143 e. The Kier molecular flexibility index (Phi) is 15.7. The van der Waals surface area contributed by atoms with E-state index >= 15 is 0 Å². The molecule has 508 valence electrons. The minimum atomic E-state index is -0.603. The van der Waals surface area contributed by atoms with Gasteiger partial charge in [0, 0.05) is 72.2 Å². The molecule has 2 aromatic heterocycles. The normalized spacial score (nSPS) is 12.3. The third-order valence-corrected chi connectivity index (χ3v) is 21.8. The highest BCUT2D eigenvalue weighted by molar-refractivity contribution is 6.11. The number of nitrogens with zero attached hydrogens (tertiary/aromatic N) is 2. The second-order valence-corrected chi connectivity index (χ2v) is 27.8. The largest absolute Gasteiger partial charge is 0.455 e. The zero-order valence-corrected chi connectivity index (χ0v) is 59.0. The Labute approximate surface area is 627 Å². The fourth-order valence-electron chi connectivity index (χ4n) is 16.8. The molecule has 108 heavy (non-hydrogen) atoms. The Morgan fingerprint density at radius 3 is 1.22 bits per heavy atom. The van der Waals surface area contributed by atoms with Gasteiger partial charge in [-0.2, -0.15) is 0 Å². The molecule has 1 aliphatic carbocycles. The molecule has 5 nitrogen and oxygen atoms in total. The molecule has 0 saturated carbocycles. The lowest BCUT2D eigenvalue weighted by Crippen LogP contribution is -2.36. The van der Waals surface area contributed by atoms with Gasteiger partial charge in [-0.15, -0.1) is 0 Å². The fourth-order valence-corrected chi connectivity index (χ4v) is 16.8. The van der Waals surface area contributed by atoms with Crippen molar-refractivity contribution in [3.05, 3.63) is 435 Å². The van der Waals surface area contributed by atoms with E-state index < -0.39 is 5.41 Å². The van der Waals surface area contributed by atoms with Crippen LogP contribution in [0.4, 0.5) is 45.5 Å². The van der Waals surface area contributed by atoms with Crippen molar-refractivity contribution in [2.75, 3.05) is 15.1 Å². The summed E-state index contributed by atoms with van der Waals surface area (Å²) in [7, 11) is 0. The van der Waals surface area contributed by atoms with Gasteiger partial charge in [0.15, 0.2) is 0 Å². The zero-order chi connectivity index (χ0) is 71.5. The average molecular weight is 1380 g/mol. The topological polar surface area (TPSA) is 44.8 Å². The molecule has 0 unspecified atom stereocenters. The average Bonchev–Trinajstić information content (AvgIpc) is 1.47. The van der Waals surface area contributed by atoms with Gasteiger partial charge in [0.2, 0.25) is 0 Å². The van der Waals surface area contributed by atoms with E-state index in [2.05, 4.69) is 403 Å². The van der Waals surface area contributed by atoms with Gasteiger partial charge < -0.3 is 24.0 Å². The van der Waals surface area contributed by atoms with E-state index in [9.17, 15) is 0 Å². The van der Waals surface area contributed by atoms with Crippen LogP contribution in [0.5, 0.6) is 0 Å². The van der Waals surface area contributed by atoms with Crippen LogP contribution in [0.1, 0.15) is 22.3 Å². The maximum atomic E-state index is 6.55. The first-order chi connectivity index (χ1) is 53.6. The van der Waals surface area contributed by atoms with Crippen LogP contribution >= 0.6 is 0 Å². The van der Waals surface area contributed by atoms with Gasteiger partial charge in [0.1, 0.15) is 22.3 Å². The molecule has 21 rings (SSSR count). The highest BCUT2D eigenvalue weighted by Crippen LogP contribution is 2.64. The number of rotatable bonds is 12. The van der Waals surface area contributed by atoms with E-state index in [-0.39, 0.29) is 0 Å². The first kappa shape index (κ1) is 63.4. The van der Waals surface area contributed by atoms with E-state index in [1.54, 1.807) is 0 Å². The Bertz CT molecular complexity index is 6510. The highest BCUT2D eigenvalue weighted by atomic mass is 16.3. The molecule has 0 radical (unpaired) electrons. The summed E-state index contributed by atoms with van der Waals surface area (Å²) in [6, 6.07) is 148. The predicted molar refractivity (Wildman–Crippen MR) is 450 cm³/mol. The summed E-state index contributed by atoms with van der Waals surface area (Å²) in [5.41, 5.74) is 33.3. The quantitative estimate of drug-likeness (QED) is 0.132. The van der Waals surface area contributed by atoms with E-state index in [1.165, 1.54) is 78.1 Å². The fraction of sp³-hybridized carbons (Fsp3) is 0.00971. The molecule has 0 amide bonds. The lowest BCUT2D eigenvalue weighted by Gasteiger charge is -2.45. The minimum Gasteiger partial charge on any atom is -0.455 e. The Morgan fingerprint density at radius 2 is 0.639 bits per heavy atom. The molecule has 0 atom stereocenters.